The SMILES string of the molecule is CC(C)(C(=O)O)[C@H]1c2ccccc2Oc2nc(-c3ccc(-n4cnnn4)cc3)ccc21.CC(C)(C(=O)O)[C@H]1c2ccccc2Oc2nc(Cl)ccc21.O=[P+]([O-])O[O-].OB(O)c1ccc(-n2cnnn2)cc1.[K+].[K][K]. The quantitative estimate of drug-likeness (QED) is 0.0516. The molecule has 0 bridgehead atoms. The number of aromatic nitrogens is 10. The van der Waals surface area contributed by atoms with Crippen LogP contribution in [0.1, 0.15) is 61.8 Å². The summed E-state index contributed by atoms with van der Waals surface area (Å²) in [5, 5.41) is 67.9. The third-order valence-electron chi connectivity index (χ3n) is 11.4. The van der Waals surface area contributed by atoms with Gasteiger partial charge in [-0.1, -0.05) is 78.3 Å². The number of hydrogen-bond acceptors (Lipinski definition) is 18. The fraction of sp³-hybridized carbons (Fsp3) is 0.174. The second-order valence-corrected chi connectivity index (χ2v) is 17.6. The van der Waals surface area contributed by atoms with Gasteiger partial charge in [-0.15, -0.1) is 10.2 Å². The van der Waals surface area contributed by atoms with Crippen LogP contribution in [0.2, 0.25) is 5.15 Å². The molecule has 0 radical (unpaired) electrons. The van der Waals surface area contributed by atoms with Gasteiger partial charge in [-0.2, -0.15) is 0 Å². The molecule has 4 aromatic carbocycles. The summed E-state index contributed by atoms with van der Waals surface area (Å²) in [4.78, 5) is 41.6. The number of tetrazole rings is 2. The minimum atomic E-state index is -3.15. The Morgan fingerprint density at radius 3 is 1.50 bits per heavy atom. The maximum absolute atomic E-state index is 12.1. The first kappa shape index (κ1) is 61.9. The Labute approximate surface area is 516 Å². The van der Waals surface area contributed by atoms with Gasteiger partial charge >= 0.3 is 142 Å². The Bertz CT molecular complexity index is 3170. The number of carbonyl (C=O) groups is 2. The van der Waals surface area contributed by atoms with Gasteiger partial charge in [-0.3, -0.25) is 9.59 Å². The number of rotatable bonds is 9. The number of carboxylic acids is 2. The van der Waals surface area contributed by atoms with E-state index in [0.717, 1.165) is 44.9 Å². The first-order valence-electron chi connectivity index (χ1n) is 22.1. The van der Waals surface area contributed by atoms with Crippen molar-refractivity contribution in [2.75, 3.05) is 0 Å². The molecular formula is C46H40BClK3N10O12P. The van der Waals surface area contributed by atoms with Crippen LogP contribution in [0.25, 0.3) is 22.6 Å². The van der Waals surface area contributed by atoms with E-state index >= 15 is 0 Å². The number of hydrogen-bond donors (Lipinski definition) is 4. The number of nitrogens with zero attached hydrogens (tertiary/aromatic N) is 10. The number of benzene rings is 4. The summed E-state index contributed by atoms with van der Waals surface area (Å²) in [7, 11) is -4.60. The van der Waals surface area contributed by atoms with E-state index in [9.17, 15) is 19.8 Å². The van der Waals surface area contributed by atoms with Crippen LogP contribution in [-0.4, -0.2) is 153 Å². The minimum absolute atomic E-state index is 0. The van der Waals surface area contributed by atoms with Crippen molar-refractivity contribution in [3.63, 3.8) is 0 Å². The molecule has 0 saturated heterocycles. The summed E-state index contributed by atoms with van der Waals surface area (Å²) in [5.41, 5.74) is 4.83. The van der Waals surface area contributed by atoms with Crippen LogP contribution in [0.15, 0.2) is 134 Å². The van der Waals surface area contributed by atoms with Crippen molar-refractivity contribution in [1.82, 2.24) is 50.4 Å². The molecule has 3 atom stereocenters. The average molecular weight is 1120 g/mol. The van der Waals surface area contributed by atoms with E-state index in [1.807, 2.05) is 84.9 Å². The Hall–Kier alpha value is -2.98. The fourth-order valence-corrected chi connectivity index (χ4v) is 7.90. The van der Waals surface area contributed by atoms with Gasteiger partial charge in [-0.05, 0) is 113 Å². The van der Waals surface area contributed by atoms with Gasteiger partial charge in [0.1, 0.15) is 29.3 Å². The molecule has 2 aliphatic rings. The molecule has 22 nitrogen and oxygen atoms in total. The monoisotopic (exact) mass is 1120 g/mol. The van der Waals surface area contributed by atoms with E-state index in [4.69, 9.17) is 50.8 Å². The van der Waals surface area contributed by atoms with Gasteiger partial charge in [0.05, 0.1) is 27.9 Å². The van der Waals surface area contributed by atoms with Crippen LogP contribution < -0.4 is 76.5 Å². The molecule has 8 aromatic rings. The van der Waals surface area contributed by atoms with Crippen LogP contribution >= 0.6 is 19.9 Å². The molecular weight excluding hydrogens is 1080 g/mol. The van der Waals surface area contributed by atoms with Crippen molar-refractivity contribution < 1.29 is 110 Å². The molecule has 0 saturated carbocycles. The zero-order chi connectivity index (χ0) is 53.0. The average Bonchev–Trinajstić information content (AvgIpc) is 4.15. The van der Waals surface area contributed by atoms with Crippen LogP contribution in [0, 0.1) is 10.8 Å². The molecule has 74 heavy (non-hydrogen) atoms. The summed E-state index contributed by atoms with van der Waals surface area (Å²) >= 11 is 8.42. The third kappa shape index (κ3) is 15.2. The number of aliphatic carboxylic acids is 2. The van der Waals surface area contributed by atoms with Crippen LogP contribution in [-0.2, 0) is 18.8 Å². The zero-order valence-electron chi connectivity index (χ0n) is 40.8. The zero-order valence-corrected chi connectivity index (χ0v) is 51.8. The first-order chi connectivity index (χ1) is 34.9. The van der Waals surface area contributed by atoms with Crippen LogP contribution in [0.5, 0.6) is 23.3 Å². The number of pyridine rings is 2. The molecule has 0 amide bonds. The van der Waals surface area contributed by atoms with Crippen molar-refractivity contribution in [3.8, 4) is 45.9 Å². The van der Waals surface area contributed by atoms with Gasteiger partial charge in [0.25, 0.3) is 0 Å². The second kappa shape index (κ2) is 28.6. The van der Waals surface area contributed by atoms with Gasteiger partial charge < -0.3 is 39.9 Å². The summed E-state index contributed by atoms with van der Waals surface area (Å²) in [6, 6.07) is 36.5. The third-order valence-corrected chi connectivity index (χ3v) is 11.8. The molecule has 4 aromatic heterocycles. The van der Waals surface area contributed by atoms with Gasteiger partial charge in [0.2, 0.25) is 11.8 Å². The molecule has 0 spiro atoms. The predicted molar refractivity (Wildman–Crippen MR) is 260 cm³/mol. The Morgan fingerprint density at radius 2 is 1.09 bits per heavy atom. The van der Waals surface area contributed by atoms with Crippen molar-refractivity contribution >= 4 is 108 Å². The Kier molecular flexibility index (Phi) is 23.9. The first-order valence-corrected chi connectivity index (χ1v) is 39.5. The molecule has 0 aliphatic carbocycles. The molecule has 4 N–H and O–H groups in total. The number of halogens is 1. The van der Waals surface area contributed by atoms with Gasteiger partial charge in [0, 0.05) is 39.7 Å². The van der Waals surface area contributed by atoms with Gasteiger partial charge in [-0.25, -0.2) is 24.0 Å². The van der Waals surface area contributed by atoms with Crippen molar-refractivity contribution in [3.05, 3.63) is 161 Å². The van der Waals surface area contributed by atoms with E-state index in [2.05, 4.69) is 40.7 Å². The Balaban J connectivity index is 0.000000204. The van der Waals surface area contributed by atoms with Crippen LogP contribution in [0.4, 0.5) is 0 Å². The normalized spacial score (nSPS) is 13.8. The fourth-order valence-electron chi connectivity index (χ4n) is 7.76. The number of fused-ring (bicyclic) bond motifs is 4. The van der Waals surface area contributed by atoms with E-state index in [1.54, 1.807) is 68.8 Å². The van der Waals surface area contributed by atoms with E-state index in [1.165, 1.54) is 80.5 Å². The summed E-state index contributed by atoms with van der Waals surface area (Å²) in [6.07, 6.45) is 2.99. The van der Waals surface area contributed by atoms with Crippen molar-refractivity contribution in [1.29, 1.82) is 0 Å². The standard InChI is InChI=1S/C23H19N5O3.C16H14ClNO3.C7H7BN4O2.3K.HO4P/c1-23(2,22(29)30)20-16-5-3-4-6-19(16)31-21-17(20)11-12-18(25-21)14-7-9-15(10-8-14)28-13-24-26-27-28;1-16(2,15(19)20)13-9-5-3-4-6-11(9)21-14-10(13)7-8-12(17)18-14;13-8(14)6-1-3-7(4-2-6)12-5-9-10-11-12;;;;1-4-5(2)3/h3-13,20H,1-2H3,(H,29,30);3-8,13H,1-2H3,(H,19,20);1-5,13-14H;;;;1H/q;;;;;+1;/p-1/t20-;13-;;;;;/m00...../s1. The van der Waals surface area contributed by atoms with Crippen LogP contribution in [0.3, 0.4) is 0 Å². The molecule has 6 heterocycles. The topological polar surface area (TPSA) is 319 Å². The summed E-state index contributed by atoms with van der Waals surface area (Å²) < 4.78 is 26.2. The molecule has 2 aliphatic heterocycles. The molecule has 364 valence electrons. The molecule has 10 rings (SSSR count). The molecule has 28 heteroatoms. The number of ether oxygens (including phenoxy) is 2. The molecule has 0 fully saturated rings. The summed E-state index contributed by atoms with van der Waals surface area (Å²) in [5.74, 6) is -0.409. The van der Waals surface area contributed by atoms with E-state index in [0.29, 0.717) is 33.9 Å². The van der Waals surface area contributed by atoms with Gasteiger partial charge in [0.15, 0.2) is 0 Å². The van der Waals surface area contributed by atoms with Crippen molar-refractivity contribution in [2.24, 2.45) is 10.8 Å². The Morgan fingerprint density at radius 1 is 0.676 bits per heavy atom. The van der Waals surface area contributed by atoms with E-state index in [-0.39, 0.29) is 63.2 Å². The molecule has 1 unspecified atom stereocenters. The second-order valence-electron chi connectivity index (χ2n) is 16.6. The number of para-hydroxylation sites is 2. The predicted octanol–water partition coefficient (Wildman–Crippen LogP) is 1.04. The van der Waals surface area contributed by atoms with Crippen molar-refractivity contribution in [2.45, 2.75) is 39.5 Å². The van der Waals surface area contributed by atoms with E-state index < -0.39 is 38.1 Å². The summed E-state index contributed by atoms with van der Waals surface area (Å²) in [6.45, 7) is 6.88. The number of carboxylic acid groups (broad SMARTS) is 2. The maximum atomic E-state index is 12.1.